The largest absolute Gasteiger partial charge is 0.381 e. The highest BCUT2D eigenvalue weighted by molar-refractivity contribution is 5.57. The Morgan fingerprint density at radius 2 is 2.12 bits per heavy atom. The van der Waals surface area contributed by atoms with E-state index < -0.39 is 0 Å². The van der Waals surface area contributed by atoms with E-state index in [9.17, 15) is 0 Å². The van der Waals surface area contributed by atoms with Gasteiger partial charge in [0.05, 0.1) is 11.3 Å². The van der Waals surface area contributed by atoms with Crippen molar-refractivity contribution in [1.29, 1.82) is 5.26 Å². The lowest BCUT2D eigenvalue weighted by Gasteiger charge is -2.18. The lowest BCUT2D eigenvalue weighted by atomic mass is 10.1. The van der Waals surface area contributed by atoms with E-state index in [1.54, 1.807) is 0 Å². The summed E-state index contributed by atoms with van der Waals surface area (Å²) in [5, 5.41) is 12.6. The molecule has 1 aliphatic heterocycles. The van der Waals surface area contributed by atoms with Crippen LogP contribution in [0.1, 0.15) is 24.8 Å². The van der Waals surface area contributed by atoms with E-state index in [1.165, 1.54) is 19.4 Å². The standard InChI is InChI=1S/C14H19N3/c1-17-9-4-6-13(8-10-17)16-14-7-3-2-5-12(14)11-15/h2-3,5,7,13,16H,4,6,8-10H2,1H3. The van der Waals surface area contributed by atoms with Crippen LogP contribution in [0.2, 0.25) is 0 Å². The Bertz CT molecular complexity index is 408. The number of benzene rings is 1. The van der Waals surface area contributed by atoms with Crippen molar-refractivity contribution in [3.8, 4) is 6.07 Å². The van der Waals surface area contributed by atoms with E-state index in [4.69, 9.17) is 5.26 Å². The number of hydrogen-bond donors (Lipinski definition) is 1. The molecule has 3 heteroatoms. The maximum Gasteiger partial charge on any atom is 0.101 e. The molecular weight excluding hydrogens is 210 g/mol. The van der Waals surface area contributed by atoms with Gasteiger partial charge < -0.3 is 10.2 Å². The normalized spacial score (nSPS) is 21.5. The third kappa shape index (κ3) is 3.21. The van der Waals surface area contributed by atoms with Crippen molar-refractivity contribution < 1.29 is 0 Å². The zero-order chi connectivity index (χ0) is 12.1. The molecule has 0 spiro atoms. The van der Waals surface area contributed by atoms with Crippen LogP contribution in [0.5, 0.6) is 0 Å². The molecule has 0 amide bonds. The highest BCUT2D eigenvalue weighted by Gasteiger charge is 2.15. The minimum atomic E-state index is 0.495. The van der Waals surface area contributed by atoms with Crippen LogP contribution in [0.15, 0.2) is 24.3 Å². The number of para-hydroxylation sites is 1. The molecule has 1 aromatic rings. The first kappa shape index (κ1) is 11.9. The van der Waals surface area contributed by atoms with Crippen molar-refractivity contribution in [3.05, 3.63) is 29.8 Å². The quantitative estimate of drug-likeness (QED) is 0.846. The molecule has 0 aliphatic carbocycles. The summed E-state index contributed by atoms with van der Waals surface area (Å²) in [6, 6.07) is 10.5. The summed E-state index contributed by atoms with van der Waals surface area (Å²) < 4.78 is 0. The zero-order valence-electron chi connectivity index (χ0n) is 10.3. The predicted molar refractivity (Wildman–Crippen MR) is 69.9 cm³/mol. The molecule has 0 radical (unpaired) electrons. The second-order valence-electron chi connectivity index (χ2n) is 4.73. The van der Waals surface area contributed by atoms with Crippen molar-refractivity contribution in [2.45, 2.75) is 25.3 Å². The summed E-state index contributed by atoms with van der Waals surface area (Å²) in [6.07, 6.45) is 3.56. The fraction of sp³-hybridized carbons (Fsp3) is 0.500. The first-order valence-corrected chi connectivity index (χ1v) is 6.24. The first-order chi connectivity index (χ1) is 8.29. The zero-order valence-corrected chi connectivity index (χ0v) is 10.3. The van der Waals surface area contributed by atoms with Crippen LogP contribution in [0.3, 0.4) is 0 Å². The van der Waals surface area contributed by atoms with Gasteiger partial charge in [0, 0.05) is 6.04 Å². The molecule has 1 aromatic carbocycles. The number of anilines is 1. The van der Waals surface area contributed by atoms with Crippen molar-refractivity contribution in [2.75, 3.05) is 25.5 Å². The van der Waals surface area contributed by atoms with Gasteiger partial charge >= 0.3 is 0 Å². The van der Waals surface area contributed by atoms with Crippen LogP contribution in [-0.2, 0) is 0 Å². The van der Waals surface area contributed by atoms with Gasteiger partial charge in [0.2, 0.25) is 0 Å². The van der Waals surface area contributed by atoms with E-state index in [0.29, 0.717) is 6.04 Å². The second-order valence-corrected chi connectivity index (χ2v) is 4.73. The lowest BCUT2D eigenvalue weighted by Crippen LogP contribution is -2.23. The maximum absolute atomic E-state index is 9.05. The molecule has 1 N–H and O–H groups in total. The molecule has 1 atom stereocenters. The van der Waals surface area contributed by atoms with Crippen molar-refractivity contribution >= 4 is 5.69 Å². The van der Waals surface area contributed by atoms with Crippen LogP contribution < -0.4 is 5.32 Å². The van der Waals surface area contributed by atoms with Crippen molar-refractivity contribution in [2.24, 2.45) is 0 Å². The Labute approximate surface area is 103 Å². The molecule has 90 valence electrons. The summed E-state index contributed by atoms with van der Waals surface area (Å²) in [5.74, 6) is 0. The summed E-state index contributed by atoms with van der Waals surface area (Å²) in [6.45, 7) is 2.31. The summed E-state index contributed by atoms with van der Waals surface area (Å²) >= 11 is 0. The van der Waals surface area contributed by atoms with E-state index in [2.05, 4.69) is 23.3 Å². The number of nitrogens with zero attached hydrogens (tertiary/aromatic N) is 2. The van der Waals surface area contributed by atoms with Gasteiger partial charge in [-0.15, -0.1) is 0 Å². The molecule has 0 aromatic heterocycles. The molecular formula is C14H19N3. The molecule has 0 saturated carbocycles. The molecule has 2 rings (SSSR count). The summed E-state index contributed by atoms with van der Waals surface area (Å²) in [7, 11) is 2.17. The minimum Gasteiger partial charge on any atom is -0.381 e. The topological polar surface area (TPSA) is 39.1 Å². The van der Waals surface area contributed by atoms with Crippen LogP contribution in [0.4, 0.5) is 5.69 Å². The molecule has 17 heavy (non-hydrogen) atoms. The Kier molecular flexibility index (Phi) is 4.00. The van der Waals surface area contributed by atoms with E-state index in [-0.39, 0.29) is 0 Å². The van der Waals surface area contributed by atoms with Gasteiger partial charge in [0.15, 0.2) is 0 Å². The van der Waals surface area contributed by atoms with Crippen LogP contribution in [0, 0.1) is 11.3 Å². The highest BCUT2D eigenvalue weighted by atomic mass is 15.1. The number of rotatable bonds is 2. The first-order valence-electron chi connectivity index (χ1n) is 6.24. The van der Waals surface area contributed by atoms with Crippen molar-refractivity contribution in [3.63, 3.8) is 0 Å². The molecule has 1 heterocycles. The maximum atomic E-state index is 9.05. The third-order valence-electron chi connectivity index (χ3n) is 3.36. The SMILES string of the molecule is CN1CCCC(Nc2ccccc2C#N)CC1. The fourth-order valence-electron chi connectivity index (χ4n) is 2.31. The van der Waals surface area contributed by atoms with Gasteiger partial charge in [-0.25, -0.2) is 0 Å². The Morgan fingerprint density at radius 1 is 1.29 bits per heavy atom. The van der Waals surface area contributed by atoms with Gasteiger partial charge in [0.1, 0.15) is 6.07 Å². The monoisotopic (exact) mass is 229 g/mol. The average Bonchev–Trinajstić information content (AvgIpc) is 2.55. The molecule has 1 saturated heterocycles. The molecule has 0 bridgehead atoms. The van der Waals surface area contributed by atoms with Crippen LogP contribution in [-0.4, -0.2) is 31.1 Å². The fourth-order valence-corrected chi connectivity index (χ4v) is 2.31. The molecule has 1 unspecified atom stereocenters. The number of nitrogens with one attached hydrogen (secondary N) is 1. The number of likely N-dealkylation sites (tertiary alicyclic amines) is 1. The number of nitriles is 1. The number of hydrogen-bond acceptors (Lipinski definition) is 3. The van der Waals surface area contributed by atoms with Crippen molar-refractivity contribution in [1.82, 2.24) is 4.90 Å². The van der Waals surface area contributed by atoms with Gasteiger partial charge in [-0.3, -0.25) is 0 Å². The Balaban J connectivity index is 2.03. The molecule has 1 aliphatic rings. The Morgan fingerprint density at radius 3 is 2.94 bits per heavy atom. The highest BCUT2D eigenvalue weighted by Crippen LogP contribution is 2.19. The second kappa shape index (κ2) is 5.70. The summed E-state index contributed by atoms with van der Waals surface area (Å²) in [4.78, 5) is 2.37. The van der Waals surface area contributed by atoms with Crippen LogP contribution in [0.25, 0.3) is 0 Å². The van der Waals surface area contributed by atoms with Gasteiger partial charge in [-0.1, -0.05) is 12.1 Å². The van der Waals surface area contributed by atoms with E-state index in [1.807, 2.05) is 24.3 Å². The predicted octanol–water partition coefficient (Wildman–Crippen LogP) is 2.45. The van der Waals surface area contributed by atoms with Crippen LogP contribution >= 0.6 is 0 Å². The smallest absolute Gasteiger partial charge is 0.101 e. The average molecular weight is 229 g/mol. The summed E-state index contributed by atoms with van der Waals surface area (Å²) in [5.41, 5.74) is 1.72. The molecule has 1 fully saturated rings. The van der Waals surface area contributed by atoms with E-state index >= 15 is 0 Å². The van der Waals surface area contributed by atoms with Gasteiger partial charge in [-0.2, -0.15) is 5.26 Å². The van der Waals surface area contributed by atoms with E-state index in [0.717, 1.165) is 24.2 Å². The lowest BCUT2D eigenvalue weighted by molar-refractivity contribution is 0.348. The minimum absolute atomic E-state index is 0.495. The third-order valence-corrected chi connectivity index (χ3v) is 3.36. The molecule has 3 nitrogen and oxygen atoms in total. The van der Waals surface area contributed by atoms with Gasteiger partial charge in [0.25, 0.3) is 0 Å². The Hall–Kier alpha value is -1.53. The van der Waals surface area contributed by atoms with Gasteiger partial charge in [-0.05, 0) is 51.5 Å².